The molecule has 1 saturated heterocycles. The van der Waals surface area contributed by atoms with Gasteiger partial charge in [0.1, 0.15) is 0 Å². The van der Waals surface area contributed by atoms with E-state index in [4.69, 9.17) is 11.6 Å². The molecule has 2 saturated carbocycles. The van der Waals surface area contributed by atoms with E-state index in [1.54, 1.807) is 12.1 Å². The number of nitrogens with zero attached hydrogens (tertiary/aromatic N) is 1. The lowest BCUT2D eigenvalue weighted by atomic mass is 9.63. The Hall–Kier alpha value is -1.61. The first-order valence-corrected chi connectivity index (χ1v) is 8.28. The van der Waals surface area contributed by atoms with E-state index in [-0.39, 0.29) is 35.5 Å². The predicted molar refractivity (Wildman–Crippen MR) is 83.4 cm³/mol. The minimum Gasteiger partial charge on any atom is -0.274 e. The number of hydrogen-bond acceptors (Lipinski definition) is 2. The van der Waals surface area contributed by atoms with Gasteiger partial charge in [-0.3, -0.25) is 9.59 Å². The number of halogens is 1. The minimum atomic E-state index is -0.148. The molecule has 2 amide bonds. The highest BCUT2D eigenvalue weighted by Gasteiger charge is 2.67. The summed E-state index contributed by atoms with van der Waals surface area (Å²) < 4.78 is 0. The maximum atomic E-state index is 13.0. The number of hydrogen-bond donors (Lipinski definition) is 0. The second kappa shape index (κ2) is 4.02. The van der Waals surface area contributed by atoms with Crippen molar-refractivity contribution < 1.29 is 9.59 Å². The summed E-state index contributed by atoms with van der Waals surface area (Å²) in [5.74, 6) is 1.45. The quantitative estimate of drug-likeness (QED) is 0.590. The van der Waals surface area contributed by atoms with E-state index in [0.717, 1.165) is 5.56 Å². The molecule has 6 atom stereocenters. The van der Waals surface area contributed by atoms with Crippen molar-refractivity contribution in [3.63, 3.8) is 0 Å². The molecule has 1 heterocycles. The molecular formula is C18H16ClNO2. The summed E-state index contributed by atoms with van der Waals surface area (Å²) in [6.45, 7) is 1.87. The molecule has 112 valence electrons. The molecule has 0 spiro atoms. The fourth-order valence-electron chi connectivity index (χ4n) is 5.03. The number of imide groups is 1. The average Bonchev–Trinajstić information content (AvgIpc) is 3.28. The van der Waals surface area contributed by atoms with Crippen LogP contribution >= 0.6 is 11.6 Å². The van der Waals surface area contributed by atoms with Gasteiger partial charge in [-0.15, -0.1) is 0 Å². The fraction of sp³-hybridized carbons (Fsp3) is 0.444. The number of amides is 2. The Morgan fingerprint density at radius 3 is 2.23 bits per heavy atom. The van der Waals surface area contributed by atoms with Gasteiger partial charge >= 0.3 is 0 Å². The molecule has 1 aromatic rings. The van der Waals surface area contributed by atoms with Crippen LogP contribution in [0.3, 0.4) is 0 Å². The van der Waals surface area contributed by atoms with Gasteiger partial charge in [0.25, 0.3) is 0 Å². The Morgan fingerprint density at radius 1 is 1.05 bits per heavy atom. The Kier molecular flexibility index (Phi) is 2.35. The highest BCUT2D eigenvalue weighted by Crippen LogP contribution is 2.65. The fourth-order valence-corrected chi connectivity index (χ4v) is 5.20. The first-order valence-electron chi connectivity index (χ1n) is 7.91. The SMILES string of the molecule is Cc1c(Cl)cccc1N1C(=O)[C@H]2[C@@H]3C=C[C@H]([C@@H]4C[C@H]34)[C@@H]2C1=O. The summed E-state index contributed by atoms with van der Waals surface area (Å²) in [7, 11) is 0. The number of carbonyl (C=O) groups is 2. The number of allylic oxidation sites excluding steroid dienone is 2. The molecule has 0 aromatic heterocycles. The molecule has 0 unspecified atom stereocenters. The van der Waals surface area contributed by atoms with Gasteiger partial charge in [0.15, 0.2) is 0 Å². The third-order valence-corrected chi connectivity index (χ3v) is 6.55. The van der Waals surface area contributed by atoms with Crippen LogP contribution in [0.5, 0.6) is 0 Å². The van der Waals surface area contributed by atoms with Crippen LogP contribution in [0.15, 0.2) is 30.4 Å². The van der Waals surface area contributed by atoms with Crippen molar-refractivity contribution in [2.45, 2.75) is 13.3 Å². The van der Waals surface area contributed by atoms with Gasteiger partial charge in [0.2, 0.25) is 11.8 Å². The van der Waals surface area contributed by atoms with Crippen LogP contribution in [0.1, 0.15) is 12.0 Å². The third-order valence-electron chi connectivity index (χ3n) is 6.14. The van der Waals surface area contributed by atoms with Gasteiger partial charge in [-0.25, -0.2) is 4.90 Å². The van der Waals surface area contributed by atoms with E-state index in [0.29, 0.717) is 22.5 Å². The first kappa shape index (κ1) is 12.9. The van der Waals surface area contributed by atoms with Crippen molar-refractivity contribution in [1.82, 2.24) is 0 Å². The molecular weight excluding hydrogens is 298 g/mol. The highest BCUT2D eigenvalue weighted by atomic mass is 35.5. The molecule has 3 fully saturated rings. The van der Waals surface area contributed by atoms with E-state index in [9.17, 15) is 9.59 Å². The Bertz CT molecular complexity index is 719. The van der Waals surface area contributed by atoms with Crippen molar-refractivity contribution in [2.75, 3.05) is 4.90 Å². The number of anilines is 1. The summed E-state index contributed by atoms with van der Waals surface area (Å²) in [5, 5.41) is 0.594. The topological polar surface area (TPSA) is 37.4 Å². The summed E-state index contributed by atoms with van der Waals surface area (Å²) >= 11 is 6.18. The molecule has 4 aliphatic carbocycles. The molecule has 0 N–H and O–H groups in total. The van der Waals surface area contributed by atoms with Crippen LogP contribution in [0.4, 0.5) is 5.69 Å². The van der Waals surface area contributed by atoms with Crippen LogP contribution < -0.4 is 4.90 Å². The van der Waals surface area contributed by atoms with Gasteiger partial charge in [-0.05, 0) is 54.7 Å². The molecule has 4 heteroatoms. The highest BCUT2D eigenvalue weighted by molar-refractivity contribution is 6.32. The van der Waals surface area contributed by atoms with E-state index in [2.05, 4.69) is 12.2 Å². The predicted octanol–water partition coefficient (Wildman–Crippen LogP) is 3.21. The van der Waals surface area contributed by atoms with E-state index >= 15 is 0 Å². The monoisotopic (exact) mass is 313 g/mol. The molecule has 6 rings (SSSR count). The van der Waals surface area contributed by atoms with Crippen LogP contribution in [0.25, 0.3) is 0 Å². The standard InChI is InChI=1S/C18H16ClNO2/c1-8-13(19)3-2-4-14(8)20-17(21)15-9-5-6-10(12-7-11(9)12)16(15)18(20)22/h2-6,9-12,15-16H,7H2,1H3/t9-,10-,11-,12+,15+,16+/m1/s1. The first-order chi connectivity index (χ1) is 10.6. The minimum absolute atomic E-state index is 0.0231. The largest absolute Gasteiger partial charge is 0.274 e. The lowest BCUT2D eigenvalue weighted by molar-refractivity contribution is -0.124. The maximum absolute atomic E-state index is 13.0. The average molecular weight is 314 g/mol. The number of carbonyl (C=O) groups excluding carboxylic acids is 2. The van der Waals surface area contributed by atoms with Crippen LogP contribution in [0.2, 0.25) is 5.02 Å². The lowest BCUT2D eigenvalue weighted by Crippen LogP contribution is -2.40. The van der Waals surface area contributed by atoms with Crippen LogP contribution in [-0.2, 0) is 9.59 Å². The zero-order valence-electron chi connectivity index (χ0n) is 12.2. The normalized spacial score (nSPS) is 40.9. The second-order valence-electron chi connectivity index (χ2n) is 7.05. The molecule has 1 aromatic carbocycles. The van der Waals surface area contributed by atoms with Crippen molar-refractivity contribution in [3.8, 4) is 0 Å². The van der Waals surface area contributed by atoms with Crippen molar-refractivity contribution in [1.29, 1.82) is 0 Å². The van der Waals surface area contributed by atoms with E-state index < -0.39 is 0 Å². The van der Waals surface area contributed by atoms with Gasteiger partial charge in [0.05, 0.1) is 17.5 Å². The zero-order valence-corrected chi connectivity index (χ0v) is 13.0. The zero-order chi connectivity index (χ0) is 15.2. The Balaban J connectivity index is 1.62. The maximum Gasteiger partial charge on any atom is 0.238 e. The smallest absolute Gasteiger partial charge is 0.238 e. The molecule has 2 bridgehead atoms. The Labute approximate surface area is 133 Å². The molecule has 5 aliphatic rings. The molecule has 22 heavy (non-hydrogen) atoms. The van der Waals surface area contributed by atoms with Gasteiger partial charge < -0.3 is 0 Å². The van der Waals surface area contributed by atoms with E-state index in [1.807, 2.05) is 13.0 Å². The Morgan fingerprint density at radius 2 is 1.64 bits per heavy atom. The van der Waals surface area contributed by atoms with Crippen LogP contribution in [-0.4, -0.2) is 11.8 Å². The number of benzene rings is 1. The third kappa shape index (κ3) is 1.38. The summed E-state index contributed by atoms with van der Waals surface area (Å²) in [6.07, 6.45) is 5.57. The van der Waals surface area contributed by atoms with E-state index in [1.165, 1.54) is 11.3 Å². The molecule has 1 aliphatic heterocycles. The van der Waals surface area contributed by atoms with Crippen molar-refractivity contribution in [2.24, 2.45) is 35.5 Å². The van der Waals surface area contributed by atoms with Gasteiger partial charge in [-0.1, -0.05) is 29.8 Å². The van der Waals surface area contributed by atoms with Gasteiger partial charge in [0, 0.05) is 5.02 Å². The van der Waals surface area contributed by atoms with Crippen LogP contribution in [0, 0.1) is 42.4 Å². The van der Waals surface area contributed by atoms with Crippen molar-refractivity contribution >= 4 is 29.1 Å². The van der Waals surface area contributed by atoms with Crippen molar-refractivity contribution in [3.05, 3.63) is 40.9 Å². The second-order valence-corrected chi connectivity index (χ2v) is 7.46. The molecule has 3 nitrogen and oxygen atoms in total. The number of rotatable bonds is 1. The summed E-state index contributed by atoms with van der Waals surface area (Å²) in [5.41, 5.74) is 1.46. The van der Waals surface area contributed by atoms with Gasteiger partial charge in [-0.2, -0.15) is 0 Å². The molecule has 0 radical (unpaired) electrons. The lowest BCUT2D eigenvalue weighted by Gasteiger charge is -2.37. The summed E-state index contributed by atoms with van der Waals surface area (Å²) in [6, 6.07) is 5.42. The summed E-state index contributed by atoms with van der Waals surface area (Å²) in [4.78, 5) is 27.4.